The predicted molar refractivity (Wildman–Crippen MR) is 111 cm³/mol. The number of hydrogen-bond acceptors (Lipinski definition) is 3. The average Bonchev–Trinajstić information content (AvgIpc) is 2.63. The number of hydrogen-bond donors (Lipinski definition) is 3. The summed E-state index contributed by atoms with van der Waals surface area (Å²) in [6.07, 6.45) is 0. The summed E-state index contributed by atoms with van der Waals surface area (Å²) >= 11 is 0. The fraction of sp³-hybridized carbons (Fsp3) is 0.350. The number of rotatable bonds is 8. The highest BCUT2D eigenvalue weighted by Gasteiger charge is 2.15. The third-order valence-corrected chi connectivity index (χ3v) is 5.47. The van der Waals surface area contributed by atoms with Gasteiger partial charge in [0.2, 0.25) is 10.0 Å². The van der Waals surface area contributed by atoms with Crippen molar-refractivity contribution < 1.29 is 12.8 Å². The van der Waals surface area contributed by atoms with Crippen LogP contribution in [0.2, 0.25) is 0 Å². The fourth-order valence-corrected chi connectivity index (χ4v) is 4.19. The minimum absolute atomic E-state index is 0.0930. The van der Waals surface area contributed by atoms with Crippen LogP contribution in [0.5, 0.6) is 0 Å². The van der Waals surface area contributed by atoms with E-state index in [0.29, 0.717) is 30.2 Å². The number of benzene rings is 2. The molecule has 2 rings (SSSR count). The van der Waals surface area contributed by atoms with Crippen molar-refractivity contribution in [3.63, 3.8) is 0 Å². The van der Waals surface area contributed by atoms with E-state index in [4.69, 9.17) is 0 Å². The van der Waals surface area contributed by atoms with Crippen LogP contribution in [-0.2, 0) is 28.9 Å². The molecule has 0 aliphatic rings. The lowest BCUT2D eigenvalue weighted by atomic mass is 10.1. The first kappa shape index (κ1) is 21.8. The summed E-state index contributed by atoms with van der Waals surface area (Å²) in [5.74, 6) is 0.129. The van der Waals surface area contributed by atoms with E-state index in [1.54, 1.807) is 45.2 Å². The summed E-state index contributed by atoms with van der Waals surface area (Å²) in [7, 11) is -1.79. The Morgan fingerprint density at radius 3 is 2.07 bits per heavy atom. The van der Waals surface area contributed by atoms with Gasteiger partial charge in [0.05, 0.1) is 5.75 Å². The van der Waals surface area contributed by atoms with Crippen molar-refractivity contribution in [1.29, 1.82) is 0 Å². The van der Waals surface area contributed by atoms with Gasteiger partial charge in [-0.2, -0.15) is 0 Å². The number of nitrogens with zero attached hydrogens (tertiary/aromatic N) is 1. The van der Waals surface area contributed by atoms with E-state index in [1.165, 1.54) is 6.07 Å². The van der Waals surface area contributed by atoms with Crippen LogP contribution >= 0.6 is 0 Å². The Kier molecular flexibility index (Phi) is 7.95. The van der Waals surface area contributed by atoms with Crippen molar-refractivity contribution in [2.45, 2.75) is 38.7 Å². The SMILES string of the molecule is CN=C(NCc1ccccc1F)NCc1ccccc1CS(=O)(=O)NC(C)C. The van der Waals surface area contributed by atoms with Gasteiger partial charge < -0.3 is 10.6 Å². The molecular formula is C20H27FN4O2S. The summed E-state index contributed by atoms with van der Waals surface area (Å²) in [4.78, 5) is 4.13. The van der Waals surface area contributed by atoms with Crippen molar-refractivity contribution in [2.24, 2.45) is 4.99 Å². The Bertz CT molecular complexity index is 914. The van der Waals surface area contributed by atoms with E-state index in [-0.39, 0.29) is 17.6 Å². The molecule has 2 aromatic carbocycles. The van der Waals surface area contributed by atoms with Gasteiger partial charge in [0, 0.05) is 31.7 Å². The molecule has 3 N–H and O–H groups in total. The second kappa shape index (κ2) is 10.2. The lowest BCUT2D eigenvalue weighted by Gasteiger charge is -2.15. The van der Waals surface area contributed by atoms with Crippen molar-refractivity contribution in [3.05, 3.63) is 71.0 Å². The normalized spacial score (nSPS) is 12.2. The predicted octanol–water partition coefficient (Wildman–Crippen LogP) is 2.52. The van der Waals surface area contributed by atoms with Gasteiger partial charge in [-0.25, -0.2) is 17.5 Å². The Morgan fingerprint density at radius 2 is 1.50 bits per heavy atom. The van der Waals surface area contributed by atoms with E-state index >= 15 is 0 Å². The minimum Gasteiger partial charge on any atom is -0.352 e. The van der Waals surface area contributed by atoms with Gasteiger partial charge in [0.25, 0.3) is 0 Å². The maximum Gasteiger partial charge on any atom is 0.216 e. The van der Waals surface area contributed by atoms with Gasteiger partial charge in [-0.3, -0.25) is 4.99 Å². The molecule has 28 heavy (non-hydrogen) atoms. The van der Waals surface area contributed by atoms with E-state index < -0.39 is 10.0 Å². The zero-order valence-electron chi connectivity index (χ0n) is 16.4. The van der Waals surface area contributed by atoms with Gasteiger partial charge >= 0.3 is 0 Å². The highest BCUT2D eigenvalue weighted by Crippen LogP contribution is 2.12. The molecule has 2 aromatic rings. The summed E-state index contributed by atoms with van der Waals surface area (Å²) in [6, 6.07) is 13.7. The largest absolute Gasteiger partial charge is 0.352 e. The first-order chi connectivity index (χ1) is 13.3. The molecule has 0 heterocycles. The summed E-state index contributed by atoms with van der Waals surface area (Å²) in [5, 5.41) is 6.20. The Labute approximate surface area is 166 Å². The molecule has 0 aliphatic heterocycles. The molecule has 0 fully saturated rings. The van der Waals surface area contributed by atoms with Gasteiger partial charge in [0.1, 0.15) is 5.82 Å². The standard InChI is InChI=1S/C20H27FN4O2S/c1-15(2)25-28(26,27)14-18-10-5-4-8-16(18)12-23-20(22-3)24-13-17-9-6-7-11-19(17)21/h4-11,15,25H,12-14H2,1-3H3,(H2,22,23,24). The van der Waals surface area contributed by atoms with Crippen LogP contribution in [0.25, 0.3) is 0 Å². The van der Waals surface area contributed by atoms with Crippen LogP contribution in [-0.4, -0.2) is 27.5 Å². The molecule has 0 unspecified atom stereocenters. The van der Waals surface area contributed by atoms with Gasteiger partial charge in [-0.1, -0.05) is 42.5 Å². The highest BCUT2D eigenvalue weighted by atomic mass is 32.2. The third kappa shape index (κ3) is 6.94. The maximum absolute atomic E-state index is 13.7. The number of aliphatic imine (C=N–C) groups is 1. The lowest BCUT2D eigenvalue weighted by molar-refractivity contribution is 0.568. The van der Waals surface area contributed by atoms with Crippen molar-refractivity contribution >= 4 is 16.0 Å². The van der Waals surface area contributed by atoms with Crippen LogP contribution in [0.3, 0.4) is 0 Å². The molecule has 0 aromatic heterocycles. The topological polar surface area (TPSA) is 82.6 Å². The number of sulfonamides is 1. The number of halogens is 1. The van der Waals surface area contributed by atoms with Crippen LogP contribution in [0.1, 0.15) is 30.5 Å². The van der Waals surface area contributed by atoms with E-state index in [0.717, 1.165) is 5.56 Å². The zero-order chi connectivity index (χ0) is 20.6. The van der Waals surface area contributed by atoms with Crippen LogP contribution < -0.4 is 15.4 Å². The average molecular weight is 407 g/mol. The second-order valence-corrected chi connectivity index (χ2v) is 8.42. The Balaban J connectivity index is 2.00. The molecule has 0 saturated carbocycles. The maximum atomic E-state index is 13.7. The molecule has 0 amide bonds. The zero-order valence-corrected chi connectivity index (χ0v) is 17.2. The van der Waals surface area contributed by atoms with E-state index in [1.807, 2.05) is 18.2 Å². The second-order valence-electron chi connectivity index (χ2n) is 6.67. The molecular weight excluding hydrogens is 379 g/mol. The first-order valence-electron chi connectivity index (χ1n) is 9.05. The summed E-state index contributed by atoms with van der Waals surface area (Å²) in [6.45, 7) is 4.26. The smallest absolute Gasteiger partial charge is 0.216 e. The molecule has 0 aliphatic carbocycles. The first-order valence-corrected chi connectivity index (χ1v) is 10.7. The molecule has 152 valence electrons. The van der Waals surface area contributed by atoms with Crippen LogP contribution in [0, 0.1) is 5.82 Å². The minimum atomic E-state index is -3.42. The Hall–Kier alpha value is -2.45. The molecule has 0 spiro atoms. The van der Waals surface area contributed by atoms with Crippen molar-refractivity contribution in [1.82, 2.24) is 15.4 Å². The lowest BCUT2D eigenvalue weighted by Crippen LogP contribution is -2.37. The molecule has 0 atom stereocenters. The fourth-order valence-electron chi connectivity index (χ4n) is 2.70. The van der Waals surface area contributed by atoms with Gasteiger partial charge in [0.15, 0.2) is 5.96 Å². The van der Waals surface area contributed by atoms with Crippen molar-refractivity contribution in [3.8, 4) is 0 Å². The van der Waals surface area contributed by atoms with Gasteiger partial charge in [-0.15, -0.1) is 0 Å². The summed E-state index contributed by atoms with van der Waals surface area (Å²) < 4.78 is 40.8. The third-order valence-electron chi connectivity index (χ3n) is 3.95. The van der Waals surface area contributed by atoms with Crippen molar-refractivity contribution in [2.75, 3.05) is 7.05 Å². The molecule has 0 saturated heterocycles. The number of guanidine groups is 1. The number of nitrogens with one attached hydrogen (secondary N) is 3. The monoisotopic (exact) mass is 406 g/mol. The Morgan fingerprint density at radius 1 is 0.964 bits per heavy atom. The summed E-state index contributed by atoms with van der Waals surface area (Å²) in [5.41, 5.74) is 2.11. The van der Waals surface area contributed by atoms with E-state index in [2.05, 4.69) is 20.3 Å². The van der Waals surface area contributed by atoms with Crippen LogP contribution in [0.4, 0.5) is 4.39 Å². The van der Waals surface area contributed by atoms with Crippen LogP contribution in [0.15, 0.2) is 53.5 Å². The van der Waals surface area contributed by atoms with E-state index in [9.17, 15) is 12.8 Å². The molecule has 0 radical (unpaired) electrons. The molecule has 0 bridgehead atoms. The van der Waals surface area contributed by atoms with Gasteiger partial charge in [-0.05, 0) is 31.0 Å². The quantitative estimate of drug-likeness (QED) is 0.465. The highest BCUT2D eigenvalue weighted by molar-refractivity contribution is 7.88. The molecule has 6 nitrogen and oxygen atoms in total. The molecule has 8 heteroatoms.